The van der Waals surface area contributed by atoms with Crippen LogP contribution in [0.1, 0.15) is 28.3 Å². The molecule has 0 radical (unpaired) electrons. The van der Waals surface area contributed by atoms with E-state index in [-0.39, 0.29) is 0 Å². The first kappa shape index (κ1) is 14.6. The molecule has 3 rings (SSSR count). The minimum absolute atomic E-state index is 0.722. The summed E-state index contributed by atoms with van der Waals surface area (Å²) >= 11 is 0. The molecule has 6 heteroatoms. The fraction of sp³-hybridized carbons (Fsp3) is 0.375. The van der Waals surface area contributed by atoms with Crippen molar-refractivity contribution in [1.29, 1.82) is 0 Å². The lowest BCUT2D eigenvalue weighted by atomic mass is 10.1. The van der Waals surface area contributed by atoms with Gasteiger partial charge in [-0.3, -0.25) is 9.78 Å². The number of rotatable bonds is 5. The summed E-state index contributed by atoms with van der Waals surface area (Å²) in [5.74, 6) is 1.71. The van der Waals surface area contributed by atoms with Gasteiger partial charge in [0.15, 0.2) is 5.76 Å². The SMILES string of the molecule is Cc1ccc(-c2[nH]ncc2CNCc2c(C)nn(C)c2C)o1. The summed E-state index contributed by atoms with van der Waals surface area (Å²) in [5.41, 5.74) is 5.54. The van der Waals surface area contributed by atoms with E-state index in [1.54, 1.807) is 0 Å². The van der Waals surface area contributed by atoms with Gasteiger partial charge in [0.2, 0.25) is 0 Å². The Bertz CT molecular complexity index is 780. The second kappa shape index (κ2) is 5.81. The van der Waals surface area contributed by atoms with Gasteiger partial charge in [0.25, 0.3) is 0 Å². The summed E-state index contributed by atoms with van der Waals surface area (Å²) < 4.78 is 7.58. The molecule has 3 aromatic heterocycles. The molecule has 0 atom stereocenters. The molecule has 0 unspecified atom stereocenters. The Morgan fingerprint density at radius 2 is 2.05 bits per heavy atom. The highest BCUT2D eigenvalue weighted by molar-refractivity contribution is 5.56. The molecule has 0 saturated heterocycles. The fourth-order valence-corrected chi connectivity index (χ4v) is 2.62. The molecule has 2 N–H and O–H groups in total. The molecule has 0 saturated carbocycles. The van der Waals surface area contributed by atoms with Crippen LogP contribution in [0.2, 0.25) is 0 Å². The van der Waals surface area contributed by atoms with Crippen LogP contribution in [0.4, 0.5) is 0 Å². The zero-order valence-electron chi connectivity index (χ0n) is 13.4. The van der Waals surface area contributed by atoms with Crippen molar-refractivity contribution in [2.24, 2.45) is 7.05 Å². The molecule has 0 aliphatic rings. The second-order valence-electron chi connectivity index (χ2n) is 5.56. The number of nitrogens with one attached hydrogen (secondary N) is 2. The van der Waals surface area contributed by atoms with Gasteiger partial charge in [-0.15, -0.1) is 0 Å². The summed E-state index contributed by atoms with van der Waals surface area (Å²) in [6, 6.07) is 3.91. The maximum Gasteiger partial charge on any atom is 0.152 e. The number of H-pyrrole nitrogens is 1. The minimum atomic E-state index is 0.722. The summed E-state index contributed by atoms with van der Waals surface area (Å²) in [6.45, 7) is 7.57. The standard InChI is InChI=1S/C16H21N5O/c1-10-5-6-15(22-10)16-13(8-18-19-16)7-17-9-14-11(2)20-21(4)12(14)3/h5-6,8,17H,7,9H2,1-4H3,(H,18,19). The Balaban J connectivity index is 1.69. The number of aryl methyl sites for hydroxylation is 3. The summed E-state index contributed by atoms with van der Waals surface area (Å²) in [7, 11) is 1.97. The summed E-state index contributed by atoms with van der Waals surface area (Å²) in [5, 5.41) is 15.0. The van der Waals surface area contributed by atoms with E-state index in [2.05, 4.69) is 27.5 Å². The molecule has 0 aliphatic carbocycles. The van der Waals surface area contributed by atoms with E-state index in [9.17, 15) is 0 Å². The number of hydrogen-bond acceptors (Lipinski definition) is 4. The minimum Gasteiger partial charge on any atom is -0.460 e. The highest BCUT2D eigenvalue weighted by atomic mass is 16.3. The Morgan fingerprint density at radius 3 is 2.68 bits per heavy atom. The van der Waals surface area contributed by atoms with Gasteiger partial charge < -0.3 is 9.73 Å². The molecule has 0 aromatic carbocycles. The first-order valence-electron chi connectivity index (χ1n) is 7.35. The van der Waals surface area contributed by atoms with E-state index in [1.165, 1.54) is 11.3 Å². The molecule has 0 bridgehead atoms. The smallest absolute Gasteiger partial charge is 0.152 e. The van der Waals surface area contributed by atoms with Gasteiger partial charge in [0.05, 0.1) is 11.9 Å². The van der Waals surface area contributed by atoms with E-state index in [4.69, 9.17) is 4.42 Å². The predicted molar refractivity (Wildman–Crippen MR) is 84.3 cm³/mol. The fourth-order valence-electron chi connectivity index (χ4n) is 2.62. The summed E-state index contributed by atoms with van der Waals surface area (Å²) in [4.78, 5) is 0. The van der Waals surface area contributed by atoms with Crippen molar-refractivity contribution in [3.63, 3.8) is 0 Å². The maximum absolute atomic E-state index is 5.66. The van der Waals surface area contributed by atoms with Crippen LogP contribution in [-0.2, 0) is 20.1 Å². The Kier molecular flexibility index (Phi) is 3.85. The molecule has 116 valence electrons. The molecule has 0 amide bonds. The maximum atomic E-state index is 5.66. The summed E-state index contributed by atoms with van der Waals surface area (Å²) in [6.07, 6.45) is 1.84. The lowest BCUT2D eigenvalue weighted by Gasteiger charge is -2.05. The zero-order valence-corrected chi connectivity index (χ0v) is 13.4. The average Bonchev–Trinajstić information content (AvgIpc) is 3.15. The highest BCUT2D eigenvalue weighted by Gasteiger charge is 2.12. The topological polar surface area (TPSA) is 71.7 Å². The highest BCUT2D eigenvalue weighted by Crippen LogP contribution is 2.23. The molecule has 0 fully saturated rings. The van der Waals surface area contributed by atoms with Crippen molar-refractivity contribution < 1.29 is 4.42 Å². The van der Waals surface area contributed by atoms with E-state index in [0.29, 0.717) is 0 Å². The van der Waals surface area contributed by atoms with Gasteiger partial charge in [-0.25, -0.2) is 0 Å². The van der Waals surface area contributed by atoms with Crippen LogP contribution in [0.5, 0.6) is 0 Å². The molecule has 3 heterocycles. The van der Waals surface area contributed by atoms with Crippen LogP contribution in [0.25, 0.3) is 11.5 Å². The van der Waals surface area contributed by atoms with Gasteiger partial charge >= 0.3 is 0 Å². The van der Waals surface area contributed by atoms with Crippen LogP contribution >= 0.6 is 0 Å². The quantitative estimate of drug-likeness (QED) is 0.759. The normalized spacial score (nSPS) is 11.3. The Hall–Kier alpha value is -2.34. The third-order valence-corrected chi connectivity index (χ3v) is 3.98. The first-order chi connectivity index (χ1) is 10.6. The van der Waals surface area contributed by atoms with E-state index in [1.807, 2.05) is 43.9 Å². The number of hydrogen-bond donors (Lipinski definition) is 2. The molecule has 22 heavy (non-hydrogen) atoms. The van der Waals surface area contributed by atoms with Crippen molar-refractivity contribution in [2.45, 2.75) is 33.9 Å². The number of furan rings is 1. The van der Waals surface area contributed by atoms with E-state index in [0.717, 1.165) is 41.6 Å². The lowest BCUT2D eigenvalue weighted by molar-refractivity contribution is 0.545. The van der Waals surface area contributed by atoms with Crippen LogP contribution < -0.4 is 5.32 Å². The van der Waals surface area contributed by atoms with Gasteiger partial charge in [-0.2, -0.15) is 10.2 Å². The monoisotopic (exact) mass is 299 g/mol. The van der Waals surface area contributed by atoms with Crippen molar-refractivity contribution in [3.8, 4) is 11.5 Å². The van der Waals surface area contributed by atoms with Crippen LogP contribution in [0, 0.1) is 20.8 Å². The van der Waals surface area contributed by atoms with Gasteiger partial charge in [-0.05, 0) is 32.9 Å². The van der Waals surface area contributed by atoms with Crippen LogP contribution in [-0.4, -0.2) is 20.0 Å². The number of nitrogens with zero attached hydrogens (tertiary/aromatic N) is 3. The molecular weight excluding hydrogens is 278 g/mol. The molecule has 3 aromatic rings. The first-order valence-corrected chi connectivity index (χ1v) is 7.35. The van der Waals surface area contributed by atoms with Gasteiger partial charge in [0.1, 0.15) is 11.5 Å². The zero-order chi connectivity index (χ0) is 15.7. The van der Waals surface area contributed by atoms with Crippen molar-refractivity contribution in [3.05, 3.63) is 46.6 Å². The molecule has 0 spiro atoms. The van der Waals surface area contributed by atoms with E-state index >= 15 is 0 Å². The third kappa shape index (κ3) is 2.69. The van der Waals surface area contributed by atoms with Crippen molar-refractivity contribution in [2.75, 3.05) is 0 Å². The molecule has 0 aliphatic heterocycles. The predicted octanol–water partition coefficient (Wildman–Crippen LogP) is 2.62. The number of aromatic nitrogens is 4. The molecular formula is C16H21N5O. The van der Waals surface area contributed by atoms with Gasteiger partial charge in [0, 0.05) is 37.0 Å². The van der Waals surface area contributed by atoms with E-state index < -0.39 is 0 Å². The molecule has 6 nitrogen and oxygen atoms in total. The average molecular weight is 299 g/mol. The van der Waals surface area contributed by atoms with Crippen molar-refractivity contribution in [1.82, 2.24) is 25.3 Å². The van der Waals surface area contributed by atoms with Gasteiger partial charge in [-0.1, -0.05) is 0 Å². The van der Waals surface area contributed by atoms with Crippen molar-refractivity contribution >= 4 is 0 Å². The largest absolute Gasteiger partial charge is 0.460 e. The Labute approximate surface area is 129 Å². The second-order valence-corrected chi connectivity index (χ2v) is 5.56. The third-order valence-electron chi connectivity index (χ3n) is 3.98. The Morgan fingerprint density at radius 1 is 1.23 bits per heavy atom. The van der Waals surface area contributed by atoms with Crippen LogP contribution in [0.3, 0.4) is 0 Å². The lowest BCUT2D eigenvalue weighted by Crippen LogP contribution is -2.14. The van der Waals surface area contributed by atoms with Crippen LogP contribution in [0.15, 0.2) is 22.7 Å². The number of aromatic amines is 1.